The van der Waals surface area contributed by atoms with Crippen molar-refractivity contribution in [3.63, 3.8) is 0 Å². The SMILES string of the molecule is COc1ccc(-c2nnc(SCc3ccc(Cl)nc3)n2C2CCCCC2)cc1OC. The molecule has 1 fully saturated rings. The predicted octanol–water partition coefficient (Wildman–Crippen LogP) is 5.81. The van der Waals surface area contributed by atoms with Gasteiger partial charge in [-0.15, -0.1) is 10.2 Å². The molecule has 30 heavy (non-hydrogen) atoms. The van der Waals surface area contributed by atoms with Gasteiger partial charge in [0, 0.05) is 23.6 Å². The van der Waals surface area contributed by atoms with E-state index in [0.717, 1.165) is 40.7 Å². The highest BCUT2D eigenvalue weighted by Crippen LogP contribution is 2.38. The van der Waals surface area contributed by atoms with Crippen molar-refractivity contribution in [3.8, 4) is 22.9 Å². The molecule has 158 valence electrons. The first-order valence-corrected chi connectivity index (χ1v) is 11.5. The molecular formula is C22H25ClN4O2S. The Bertz CT molecular complexity index is 987. The summed E-state index contributed by atoms with van der Waals surface area (Å²) < 4.78 is 13.2. The molecule has 1 aliphatic carbocycles. The molecule has 2 aromatic heterocycles. The van der Waals surface area contributed by atoms with Crippen LogP contribution in [0.5, 0.6) is 11.5 Å². The number of ether oxygens (including phenoxy) is 2. The predicted molar refractivity (Wildman–Crippen MR) is 119 cm³/mol. The van der Waals surface area contributed by atoms with Crippen LogP contribution in [0.1, 0.15) is 43.7 Å². The van der Waals surface area contributed by atoms with E-state index >= 15 is 0 Å². The van der Waals surface area contributed by atoms with Crippen LogP contribution in [0.4, 0.5) is 0 Å². The van der Waals surface area contributed by atoms with E-state index in [1.807, 2.05) is 36.5 Å². The highest BCUT2D eigenvalue weighted by molar-refractivity contribution is 7.98. The summed E-state index contributed by atoms with van der Waals surface area (Å²) in [6, 6.07) is 10.1. The number of thioether (sulfide) groups is 1. The number of halogens is 1. The molecule has 0 spiro atoms. The van der Waals surface area contributed by atoms with Gasteiger partial charge in [-0.3, -0.25) is 4.57 Å². The van der Waals surface area contributed by atoms with Gasteiger partial charge in [0.2, 0.25) is 0 Å². The van der Waals surface area contributed by atoms with Crippen LogP contribution in [0.2, 0.25) is 5.15 Å². The molecule has 2 heterocycles. The topological polar surface area (TPSA) is 62.1 Å². The van der Waals surface area contributed by atoms with E-state index in [0.29, 0.717) is 22.7 Å². The first kappa shape index (κ1) is 21.0. The van der Waals surface area contributed by atoms with Gasteiger partial charge in [-0.1, -0.05) is 48.7 Å². The molecular weight excluding hydrogens is 420 g/mol. The molecule has 6 nitrogen and oxygen atoms in total. The van der Waals surface area contributed by atoms with Gasteiger partial charge in [0.25, 0.3) is 0 Å². The van der Waals surface area contributed by atoms with Gasteiger partial charge in [-0.05, 0) is 42.7 Å². The fourth-order valence-corrected chi connectivity index (χ4v) is 4.91. The summed E-state index contributed by atoms with van der Waals surface area (Å²) in [7, 11) is 3.29. The van der Waals surface area contributed by atoms with Gasteiger partial charge in [0.05, 0.1) is 14.2 Å². The number of rotatable bonds is 7. The van der Waals surface area contributed by atoms with Crippen molar-refractivity contribution in [2.75, 3.05) is 14.2 Å². The van der Waals surface area contributed by atoms with Crippen molar-refractivity contribution in [1.29, 1.82) is 0 Å². The van der Waals surface area contributed by atoms with Crippen molar-refractivity contribution < 1.29 is 9.47 Å². The number of hydrogen-bond acceptors (Lipinski definition) is 6. The lowest BCUT2D eigenvalue weighted by Crippen LogP contribution is -2.15. The molecule has 1 aromatic carbocycles. The average molecular weight is 445 g/mol. The number of nitrogens with zero attached hydrogens (tertiary/aromatic N) is 4. The van der Waals surface area contributed by atoms with E-state index in [4.69, 9.17) is 21.1 Å². The van der Waals surface area contributed by atoms with Crippen LogP contribution in [-0.4, -0.2) is 34.0 Å². The lowest BCUT2D eigenvalue weighted by molar-refractivity contribution is 0.339. The summed E-state index contributed by atoms with van der Waals surface area (Å²) in [5.74, 6) is 3.03. The number of hydrogen-bond donors (Lipinski definition) is 0. The fourth-order valence-electron chi connectivity index (χ4n) is 3.86. The maximum Gasteiger partial charge on any atom is 0.192 e. The summed E-state index contributed by atoms with van der Waals surface area (Å²) in [5, 5.41) is 10.6. The van der Waals surface area contributed by atoms with Crippen molar-refractivity contribution in [2.24, 2.45) is 0 Å². The summed E-state index contributed by atoms with van der Waals surface area (Å²) in [6.45, 7) is 0. The minimum atomic E-state index is 0.405. The molecule has 4 rings (SSSR count). The second-order valence-electron chi connectivity index (χ2n) is 7.32. The van der Waals surface area contributed by atoms with Crippen LogP contribution < -0.4 is 9.47 Å². The molecule has 1 saturated carbocycles. The maximum atomic E-state index is 5.91. The number of aromatic nitrogens is 4. The van der Waals surface area contributed by atoms with Crippen LogP contribution >= 0.6 is 23.4 Å². The highest BCUT2D eigenvalue weighted by atomic mass is 35.5. The van der Waals surface area contributed by atoms with Crippen LogP contribution in [0.25, 0.3) is 11.4 Å². The first-order valence-electron chi connectivity index (χ1n) is 10.1. The van der Waals surface area contributed by atoms with E-state index in [2.05, 4.69) is 19.7 Å². The van der Waals surface area contributed by atoms with Gasteiger partial charge in [-0.25, -0.2) is 4.98 Å². The summed E-state index contributed by atoms with van der Waals surface area (Å²) in [5.41, 5.74) is 2.08. The Labute approximate surface area is 186 Å². The van der Waals surface area contributed by atoms with Crippen molar-refractivity contribution in [3.05, 3.63) is 47.2 Å². The van der Waals surface area contributed by atoms with Crippen LogP contribution in [0, 0.1) is 0 Å². The molecule has 0 unspecified atom stereocenters. The Morgan fingerprint density at radius 1 is 1.03 bits per heavy atom. The third kappa shape index (κ3) is 4.57. The molecule has 0 saturated heterocycles. The van der Waals surface area contributed by atoms with Crippen molar-refractivity contribution >= 4 is 23.4 Å². The summed E-state index contributed by atoms with van der Waals surface area (Å²) >= 11 is 7.59. The molecule has 0 aliphatic heterocycles. The molecule has 0 radical (unpaired) electrons. The molecule has 0 amide bonds. The normalized spacial score (nSPS) is 14.6. The Kier molecular flexibility index (Phi) is 6.79. The second-order valence-corrected chi connectivity index (χ2v) is 8.65. The zero-order chi connectivity index (χ0) is 20.9. The monoisotopic (exact) mass is 444 g/mol. The van der Waals surface area contributed by atoms with Crippen molar-refractivity contribution in [1.82, 2.24) is 19.7 Å². The summed E-state index contributed by atoms with van der Waals surface area (Å²) in [6.07, 6.45) is 7.87. The smallest absolute Gasteiger partial charge is 0.192 e. The molecule has 0 atom stereocenters. The van der Waals surface area contributed by atoms with Gasteiger partial charge in [-0.2, -0.15) is 0 Å². The van der Waals surface area contributed by atoms with Crippen LogP contribution in [0.3, 0.4) is 0 Å². The number of methoxy groups -OCH3 is 2. The second kappa shape index (κ2) is 9.71. The van der Waals surface area contributed by atoms with E-state index in [1.165, 1.54) is 19.3 Å². The molecule has 0 N–H and O–H groups in total. The van der Waals surface area contributed by atoms with E-state index < -0.39 is 0 Å². The third-order valence-electron chi connectivity index (χ3n) is 5.40. The standard InChI is InChI=1S/C22H25ClN4O2S/c1-28-18-10-9-16(12-19(18)29-2)21-25-26-22(27(21)17-6-4-3-5-7-17)30-14-15-8-11-20(23)24-13-15/h8-13,17H,3-7,14H2,1-2H3. The van der Waals surface area contributed by atoms with Gasteiger partial charge in [0.15, 0.2) is 22.5 Å². The Balaban J connectivity index is 1.67. The Hall–Kier alpha value is -2.25. The largest absolute Gasteiger partial charge is 0.493 e. The average Bonchev–Trinajstić information content (AvgIpc) is 3.22. The van der Waals surface area contributed by atoms with E-state index in [1.54, 1.807) is 26.0 Å². The fraction of sp³-hybridized carbons (Fsp3) is 0.409. The lowest BCUT2D eigenvalue weighted by Gasteiger charge is -2.25. The molecule has 3 aromatic rings. The number of pyridine rings is 1. The Morgan fingerprint density at radius 3 is 2.53 bits per heavy atom. The van der Waals surface area contributed by atoms with Crippen LogP contribution in [-0.2, 0) is 5.75 Å². The molecule has 0 bridgehead atoms. The summed E-state index contributed by atoms with van der Waals surface area (Å²) in [4.78, 5) is 4.18. The van der Waals surface area contributed by atoms with Gasteiger partial charge < -0.3 is 9.47 Å². The van der Waals surface area contributed by atoms with Gasteiger partial charge >= 0.3 is 0 Å². The minimum Gasteiger partial charge on any atom is -0.493 e. The first-order chi connectivity index (χ1) is 14.7. The molecule has 8 heteroatoms. The number of benzene rings is 1. The quantitative estimate of drug-likeness (QED) is 0.338. The maximum absolute atomic E-state index is 5.91. The van der Waals surface area contributed by atoms with E-state index in [9.17, 15) is 0 Å². The third-order valence-corrected chi connectivity index (χ3v) is 6.64. The van der Waals surface area contributed by atoms with E-state index in [-0.39, 0.29) is 0 Å². The Morgan fingerprint density at radius 2 is 1.83 bits per heavy atom. The van der Waals surface area contributed by atoms with Crippen molar-refractivity contribution in [2.45, 2.75) is 49.1 Å². The van der Waals surface area contributed by atoms with Gasteiger partial charge in [0.1, 0.15) is 5.15 Å². The van der Waals surface area contributed by atoms with Crippen LogP contribution in [0.15, 0.2) is 41.7 Å². The highest BCUT2D eigenvalue weighted by Gasteiger charge is 2.24. The zero-order valence-corrected chi connectivity index (χ0v) is 18.7. The zero-order valence-electron chi connectivity index (χ0n) is 17.2. The lowest BCUT2D eigenvalue weighted by atomic mass is 9.95. The molecule has 1 aliphatic rings. The minimum absolute atomic E-state index is 0.405.